The van der Waals surface area contributed by atoms with E-state index >= 15 is 0 Å². The first-order valence-corrected chi connectivity index (χ1v) is 12.8. The van der Waals surface area contributed by atoms with Crippen molar-refractivity contribution in [2.75, 3.05) is 54.3 Å². The van der Waals surface area contributed by atoms with E-state index in [1.807, 2.05) is 0 Å². The van der Waals surface area contributed by atoms with E-state index in [1.165, 1.54) is 14.1 Å². The summed E-state index contributed by atoms with van der Waals surface area (Å²) >= 11 is 10.7. The second-order valence-electron chi connectivity index (χ2n) is 8.00. The number of ether oxygens (including phenoxy) is 1. The Morgan fingerprint density at radius 2 is 1.81 bits per heavy atom. The Bertz CT molecular complexity index is 994. The maximum Gasteiger partial charge on any atom is 0.414 e. The van der Waals surface area contributed by atoms with Gasteiger partial charge in [0.05, 0.1) is 23.8 Å². The van der Waals surface area contributed by atoms with Gasteiger partial charge in [0.15, 0.2) is 11.6 Å². The zero-order chi connectivity index (χ0) is 23.0. The molecule has 2 aliphatic heterocycles. The van der Waals surface area contributed by atoms with Crippen molar-refractivity contribution in [1.82, 2.24) is 9.62 Å². The minimum atomic E-state index is -3.57. The SMILES string of the molecule is O=C1OC(CNC(=S)C2CC2)CN1c1cc(F)c(N2CCN(S(=O)(=O)CCl)CC2)c(F)c1. The van der Waals surface area contributed by atoms with E-state index in [0.717, 1.165) is 30.0 Å². The Kier molecular flexibility index (Phi) is 6.76. The van der Waals surface area contributed by atoms with E-state index in [-0.39, 0.29) is 44.1 Å². The van der Waals surface area contributed by atoms with Crippen molar-refractivity contribution in [3.05, 3.63) is 23.8 Å². The summed E-state index contributed by atoms with van der Waals surface area (Å²) in [7, 11) is -3.57. The molecule has 8 nitrogen and oxygen atoms in total. The van der Waals surface area contributed by atoms with Crippen LogP contribution >= 0.6 is 23.8 Å². The van der Waals surface area contributed by atoms with Gasteiger partial charge in [0.2, 0.25) is 10.0 Å². The van der Waals surface area contributed by atoms with Gasteiger partial charge in [0, 0.05) is 44.2 Å². The van der Waals surface area contributed by atoms with Gasteiger partial charge in [-0.3, -0.25) is 4.90 Å². The number of amides is 1. The third-order valence-corrected chi connectivity index (χ3v) is 8.46. The predicted octanol–water partition coefficient (Wildman–Crippen LogP) is 2.27. The molecule has 4 rings (SSSR count). The number of halogens is 3. The highest BCUT2D eigenvalue weighted by atomic mass is 35.5. The van der Waals surface area contributed by atoms with Crippen LogP contribution in [0.3, 0.4) is 0 Å². The lowest BCUT2D eigenvalue weighted by molar-refractivity contribution is 0.143. The predicted molar refractivity (Wildman–Crippen MR) is 121 cm³/mol. The van der Waals surface area contributed by atoms with Crippen LogP contribution in [0.4, 0.5) is 25.0 Å². The van der Waals surface area contributed by atoms with Crippen LogP contribution in [0.5, 0.6) is 0 Å². The summed E-state index contributed by atoms with van der Waals surface area (Å²) in [6, 6.07) is 2.18. The molecule has 1 aromatic carbocycles. The third kappa shape index (κ3) is 4.92. The number of benzene rings is 1. The third-order valence-electron chi connectivity index (χ3n) is 5.73. The molecule has 1 aliphatic carbocycles. The normalized spacial score (nSPS) is 22.2. The molecule has 3 fully saturated rings. The second-order valence-corrected chi connectivity index (χ2v) is 11.0. The summed E-state index contributed by atoms with van der Waals surface area (Å²) in [6.07, 6.45) is 0.956. The summed E-state index contributed by atoms with van der Waals surface area (Å²) in [5, 5.41) is 2.55. The number of nitrogens with one attached hydrogen (secondary N) is 1. The van der Waals surface area contributed by atoms with E-state index in [1.54, 1.807) is 0 Å². The largest absolute Gasteiger partial charge is 0.442 e. The first kappa shape index (κ1) is 23.4. The molecular weight excluding hydrogens is 486 g/mol. The molecule has 0 spiro atoms. The zero-order valence-electron chi connectivity index (χ0n) is 17.1. The first-order chi connectivity index (χ1) is 15.2. The maximum atomic E-state index is 14.9. The summed E-state index contributed by atoms with van der Waals surface area (Å²) in [4.78, 5) is 15.6. The highest BCUT2D eigenvalue weighted by Crippen LogP contribution is 2.32. The number of piperazine rings is 1. The molecule has 13 heteroatoms. The Morgan fingerprint density at radius 3 is 2.38 bits per heavy atom. The number of alkyl halides is 1. The molecule has 1 unspecified atom stereocenters. The molecule has 3 aliphatic rings. The summed E-state index contributed by atoms with van der Waals surface area (Å²) in [5.74, 6) is -1.28. The number of rotatable bonds is 7. The molecule has 1 N–H and O–H groups in total. The molecule has 0 bridgehead atoms. The lowest BCUT2D eigenvalue weighted by Crippen LogP contribution is -2.49. The van der Waals surface area contributed by atoms with E-state index in [2.05, 4.69) is 5.32 Å². The summed E-state index contributed by atoms with van der Waals surface area (Å²) in [6.45, 7) is 0.868. The molecule has 176 valence electrons. The molecule has 32 heavy (non-hydrogen) atoms. The topological polar surface area (TPSA) is 82.2 Å². The van der Waals surface area contributed by atoms with E-state index < -0.39 is 39.1 Å². The highest BCUT2D eigenvalue weighted by Gasteiger charge is 2.35. The van der Waals surface area contributed by atoms with Crippen molar-refractivity contribution in [3.8, 4) is 0 Å². The Hall–Kier alpha value is -1.76. The van der Waals surface area contributed by atoms with E-state index in [0.29, 0.717) is 12.5 Å². The van der Waals surface area contributed by atoms with Gasteiger partial charge >= 0.3 is 6.09 Å². The number of thiocarbonyl (C=S) groups is 1. The molecule has 1 amide bonds. The average molecular weight is 509 g/mol. The number of anilines is 2. The molecule has 1 atom stereocenters. The van der Waals surface area contributed by atoms with Crippen molar-refractivity contribution in [2.24, 2.45) is 5.92 Å². The molecule has 1 aromatic rings. The number of nitrogens with zero attached hydrogens (tertiary/aromatic N) is 3. The minimum absolute atomic E-state index is 0.0596. The molecule has 2 saturated heterocycles. The van der Waals surface area contributed by atoms with Gasteiger partial charge in [-0.15, -0.1) is 11.6 Å². The maximum absolute atomic E-state index is 14.9. The van der Waals surface area contributed by atoms with E-state index in [4.69, 9.17) is 28.6 Å². The van der Waals surface area contributed by atoms with Crippen LogP contribution in [0.1, 0.15) is 12.8 Å². The Balaban J connectivity index is 1.41. The molecule has 0 aromatic heterocycles. The van der Waals surface area contributed by atoms with Crippen LogP contribution in [-0.4, -0.2) is 74.4 Å². The molecule has 0 radical (unpaired) electrons. The first-order valence-electron chi connectivity index (χ1n) is 10.2. The lowest BCUT2D eigenvalue weighted by atomic mass is 10.2. The van der Waals surface area contributed by atoms with Crippen LogP contribution in [0.2, 0.25) is 0 Å². The number of hydrogen-bond donors (Lipinski definition) is 1. The van der Waals surface area contributed by atoms with Crippen LogP contribution in [0.15, 0.2) is 12.1 Å². The number of carbonyl (C=O) groups is 1. The molecule has 1 saturated carbocycles. The van der Waals surface area contributed by atoms with Crippen molar-refractivity contribution in [2.45, 2.75) is 18.9 Å². The monoisotopic (exact) mass is 508 g/mol. The summed E-state index contributed by atoms with van der Waals surface area (Å²) < 4.78 is 60.0. The van der Waals surface area contributed by atoms with Gasteiger partial charge in [0.25, 0.3) is 0 Å². The van der Waals surface area contributed by atoms with Crippen molar-refractivity contribution in [3.63, 3.8) is 0 Å². The number of carbonyl (C=O) groups excluding carboxylic acids is 1. The number of cyclic esters (lactones) is 1. The minimum Gasteiger partial charge on any atom is -0.442 e. The highest BCUT2D eigenvalue weighted by molar-refractivity contribution is 7.90. The van der Waals surface area contributed by atoms with Crippen molar-refractivity contribution in [1.29, 1.82) is 0 Å². The molecular formula is C19H23ClF2N4O4S2. The average Bonchev–Trinajstić information content (AvgIpc) is 3.54. The fourth-order valence-electron chi connectivity index (χ4n) is 3.81. The Labute approximate surface area is 195 Å². The molecule has 2 heterocycles. The van der Waals surface area contributed by atoms with Gasteiger partial charge in [-0.25, -0.2) is 22.0 Å². The van der Waals surface area contributed by atoms with E-state index in [9.17, 15) is 22.0 Å². The Morgan fingerprint density at radius 1 is 1.19 bits per heavy atom. The fraction of sp³-hybridized carbons (Fsp3) is 0.579. The standard InChI is InChI=1S/C19H23ClF2N4O4S2/c20-11-32(28,29)25-5-3-24(4-6-25)17-15(21)7-13(8-16(17)22)26-10-14(30-19(26)27)9-23-18(31)12-1-2-12/h7-8,12,14H,1-6,9-11H2,(H,23,31). The quantitative estimate of drug-likeness (QED) is 0.447. The smallest absolute Gasteiger partial charge is 0.414 e. The summed E-state index contributed by atoms with van der Waals surface area (Å²) in [5.41, 5.74) is -0.193. The van der Waals surface area contributed by atoms with Crippen LogP contribution in [-0.2, 0) is 14.8 Å². The van der Waals surface area contributed by atoms with Crippen LogP contribution in [0, 0.1) is 17.6 Å². The van der Waals surface area contributed by atoms with Gasteiger partial charge in [-0.1, -0.05) is 12.2 Å². The zero-order valence-corrected chi connectivity index (χ0v) is 19.5. The van der Waals surface area contributed by atoms with Crippen molar-refractivity contribution >= 4 is 56.3 Å². The second kappa shape index (κ2) is 9.24. The number of hydrogen-bond acceptors (Lipinski definition) is 6. The van der Waals surface area contributed by atoms with Gasteiger partial charge in [0.1, 0.15) is 17.0 Å². The van der Waals surface area contributed by atoms with Gasteiger partial charge in [-0.2, -0.15) is 4.31 Å². The van der Waals surface area contributed by atoms with Crippen LogP contribution < -0.4 is 15.1 Å². The van der Waals surface area contributed by atoms with Gasteiger partial charge < -0.3 is 15.0 Å². The van der Waals surface area contributed by atoms with Gasteiger partial charge in [-0.05, 0) is 12.8 Å². The van der Waals surface area contributed by atoms with Crippen LogP contribution in [0.25, 0.3) is 0 Å². The lowest BCUT2D eigenvalue weighted by Gasteiger charge is -2.35. The number of sulfonamides is 1. The fourth-order valence-corrected chi connectivity index (χ4v) is 5.40. The van der Waals surface area contributed by atoms with Crippen molar-refractivity contribution < 1.29 is 26.7 Å².